The first kappa shape index (κ1) is 15.9. The van der Waals surface area contributed by atoms with Gasteiger partial charge in [0, 0.05) is 18.7 Å². The van der Waals surface area contributed by atoms with Gasteiger partial charge in [-0.3, -0.25) is 0 Å². The number of unbranched alkanes of at least 4 members (excludes halogenated alkanes) is 1. The molecule has 1 aromatic carbocycles. The molecular weight excluding hydrogens is 234 g/mol. The number of allylic oxidation sites excluding steroid dienone is 1. The monoisotopic (exact) mass is 261 g/mol. The van der Waals surface area contributed by atoms with E-state index < -0.39 is 0 Å². The van der Waals surface area contributed by atoms with Gasteiger partial charge in [-0.2, -0.15) is 0 Å². The van der Waals surface area contributed by atoms with Crippen molar-refractivity contribution < 1.29 is 4.74 Å². The molecule has 0 fully saturated rings. The largest absolute Gasteiger partial charge is 0.377 e. The molecule has 0 aliphatic heterocycles. The molecule has 0 amide bonds. The summed E-state index contributed by atoms with van der Waals surface area (Å²) in [6, 6.07) is 8.47. The van der Waals surface area contributed by atoms with E-state index in [1.165, 1.54) is 11.1 Å². The lowest BCUT2D eigenvalue weighted by atomic mass is 10.1. The Balaban J connectivity index is 2.46. The van der Waals surface area contributed by atoms with Gasteiger partial charge in [0.1, 0.15) is 0 Å². The SMILES string of the molecule is C=CCCCOCc1ccccc1CNC(C)(C)C. The van der Waals surface area contributed by atoms with Gasteiger partial charge in [0.15, 0.2) is 0 Å². The molecule has 0 atom stereocenters. The molecule has 1 N–H and O–H groups in total. The molecule has 0 unspecified atom stereocenters. The highest BCUT2D eigenvalue weighted by molar-refractivity contribution is 5.26. The van der Waals surface area contributed by atoms with E-state index in [0.717, 1.165) is 26.0 Å². The Morgan fingerprint density at radius 1 is 1.21 bits per heavy atom. The molecule has 0 aliphatic carbocycles. The highest BCUT2D eigenvalue weighted by atomic mass is 16.5. The first-order chi connectivity index (χ1) is 9.03. The molecular formula is C17H27NO. The van der Waals surface area contributed by atoms with Crippen molar-refractivity contribution in [3.8, 4) is 0 Å². The summed E-state index contributed by atoms with van der Waals surface area (Å²) in [5, 5.41) is 3.52. The zero-order chi connectivity index (χ0) is 14.1. The van der Waals surface area contributed by atoms with Crippen molar-refractivity contribution in [2.75, 3.05) is 6.61 Å². The van der Waals surface area contributed by atoms with Crippen molar-refractivity contribution in [2.45, 2.75) is 52.3 Å². The Morgan fingerprint density at radius 3 is 2.53 bits per heavy atom. The number of ether oxygens (including phenoxy) is 1. The van der Waals surface area contributed by atoms with Crippen LogP contribution in [-0.2, 0) is 17.9 Å². The smallest absolute Gasteiger partial charge is 0.0720 e. The van der Waals surface area contributed by atoms with E-state index in [0.29, 0.717) is 6.61 Å². The number of benzene rings is 1. The van der Waals surface area contributed by atoms with Gasteiger partial charge in [0.2, 0.25) is 0 Å². The molecule has 0 saturated heterocycles. The maximum Gasteiger partial charge on any atom is 0.0720 e. The van der Waals surface area contributed by atoms with Crippen LogP contribution in [0.15, 0.2) is 36.9 Å². The summed E-state index contributed by atoms with van der Waals surface area (Å²) in [4.78, 5) is 0. The lowest BCUT2D eigenvalue weighted by Crippen LogP contribution is -2.35. The van der Waals surface area contributed by atoms with E-state index in [-0.39, 0.29) is 5.54 Å². The average Bonchev–Trinajstić information content (AvgIpc) is 2.36. The Hall–Kier alpha value is -1.12. The van der Waals surface area contributed by atoms with Gasteiger partial charge in [0.25, 0.3) is 0 Å². The first-order valence-electron chi connectivity index (χ1n) is 7.03. The molecule has 0 heterocycles. The Labute approximate surface area is 117 Å². The first-order valence-corrected chi connectivity index (χ1v) is 7.03. The molecule has 0 bridgehead atoms. The van der Waals surface area contributed by atoms with Crippen LogP contribution in [0.3, 0.4) is 0 Å². The van der Waals surface area contributed by atoms with Crippen molar-refractivity contribution >= 4 is 0 Å². The molecule has 19 heavy (non-hydrogen) atoms. The molecule has 1 aromatic rings. The highest BCUT2D eigenvalue weighted by Gasteiger charge is 2.10. The fourth-order valence-electron chi connectivity index (χ4n) is 1.74. The van der Waals surface area contributed by atoms with Crippen molar-refractivity contribution in [1.29, 1.82) is 0 Å². The molecule has 2 heteroatoms. The number of hydrogen-bond acceptors (Lipinski definition) is 2. The second-order valence-electron chi connectivity index (χ2n) is 5.86. The minimum Gasteiger partial charge on any atom is -0.377 e. The number of rotatable bonds is 8. The zero-order valence-electron chi connectivity index (χ0n) is 12.5. The van der Waals surface area contributed by atoms with Crippen LogP contribution in [0.5, 0.6) is 0 Å². The van der Waals surface area contributed by atoms with Crippen molar-refractivity contribution in [2.24, 2.45) is 0 Å². The van der Waals surface area contributed by atoms with E-state index in [9.17, 15) is 0 Å². The van der Waals surface area contributed by atoms with Crippen LogP contribution in [0.1, 0.15) is 44.7 Å². The maximum absolute atomic E-state index is 5.72. The zero-order valence-corrected chi connectivity index (χ0v) is 12.5. The van der Waals surface area contributed by atoms with Gasteiger partial charge in [-0.15, -0.1) is 6.58 Å². The summed E-state index contributed by atoms with van der Waals surface area (Å²) >= 11 is 0. The molecule has 0 saturated carbocycles. The summed E-state index contributed by atoms with van der Waals surface area (Å²) in [5.74, 6) is 0. The quantitative estimate of drug-likeness (QED) is 0.563. The summed E-state index contributed by atoms with van der Waals surface area (Å²) in [6.07, 6.45) is 4.00. The number of hydrogen-bond donors (Lipinski definition) is 1. The van der Waals surface area contributed by atoms with E-state index in [2.05, 4.69) is 56.9 Å². The average molecular weight is 261 g/mol. The van der Waals surface area contributed by atoms with E-state index in [1.807, 2.05) is 6.08 Å². The van der Waals surface area contributed by atoms with E-state index in [1.54, 1.807) is 0 Å². The molecule has 0 aromatic heterocycles. The third kappa shape index (κ3) is 7.14. The lowest BCUT2D eigenvalue weighted by Gasteiger charge is -2.21. The Kier molecular flexibility index (Phi) is 6.82. The summed E-state index contributed by atoms with van der Waals surface area (Å²) in [5.41, 5.74) is 2.73. The highest BCUT2D eigenvalue weighted by Crippen LogP contribution is 2.12. The maximum atomic E-state index is 5.72. The van der Waals surface area contributed by atoms with Gasteiger partial charge >= 0.3 is 0 Å². The van der Waals surface area contributed by atoms with Crippen LogP contribution in [0.25, 0.3) is 0 Å². The molecule has 0 radical (unpaired) electrons. The Bertz CT molecular complexity index is 379. The normalized spacial score (nSPS) is 11.5. The van der Waals surface area contributed by atoms with Crippen LogP contribution in [0.2, 0.25) is 0 Å². The summed E-state index contributed by atoms with van der Waals surface area (Å²) in [6.45, 7) is 12.6. The molecule has 0 spiro atoms. The van der Waals surface area contributed by atoms with E-state index in [4.69, 9.17) is 4.74 Å². The van der Waals surface area contributed by atoms with Gasteiger partial charge in [-0.1, -0.05) is 30.3 Å². The Morgan fingerprint density at radius 2 is 1.89 bits per heavy atom. The summed E-state index contributed by atoms with van der Waals surface area (Å²) < 4.78 is 5.72. The van der Waals surface area contributed by atoms with Crippen LogP contribution >= 0.6 is 0 Å². The third-order valence-corrected chi connectivity index (χ3v) is 2.88. The van der Waals surface area contributed by atoms with Gasteiger partial charge < -0.3 is 10.1 Å². The van der Waals surface area contributed by atoms with Gasteiger partial charge in [0.05, 0.1) is 6.61 Å². The van der Waals surface area contributed by atoms with Crippen molar-refractivity contribution in [1.82, 2.24) is 5.32 Å². The minimum absolute atomic E-state index is 0.137. The predicted octanol–water partition coefficient (Wildman–Crippen LogP) is 4.06. The topological polar surface area (TPSA) is 21.3 Å². The van der Waals surface area contributed by atoms with Gasteiger partial charge in [-0.05, 0) is 44.7 Å². The van der Waals surface area contributed by atoms with Crippen molar-refractivity contribution in [3.63, 3.8) is 0 Å². The second-order valence-corrected chi connectivity index (χ2v) is 5.86. The van der Waals surface area contributed by atoms with Crippen molar-refractivity contribution in [3.05, 3.63) is 48.0 Å². The van der Waals surface area contributed by atoms with Crippen LogP contribution in [0.4, 0.5) is 0 Å². The molecule has 1 rings (SSSR count). The molecule has 2 nitrogen and oxygen atoms in total. The fraction of sp³-hybridized carbons (Fsp3) is 0.529. The lowest BCUT2D eigenvalue weighted by molar-refractivity contribution is 0.118. The standard InChI is InChI=1S/C17H27NO/c1-5-6-9-12-19-14-16-11-8-7-10-15(16)13-18-17(2,3)4/h5,7-8,10-11,18H,1,6,9,12-14H2,2-4H3. The van der Waals surface area contributed by atoms with Crippen LogP contribution in [-0.4, -0.2) is 12.1 Å². The molecule has 106 valence electrons. The summed E-state index contributed by atoms with van der Waals surface area (Å²) in [7, 11) is 0. The minimum atomic E-state index is 0.137. The second kappa shape index (κ2) is 8.13. The fourth-order valence-corrected chi connectivity index (χ4v) is 1.74. The number of nitrogens with one attached hydrogen (secondary N) is 1. The van der Waals surface area contributed by atoms with Crippen LogP contribution < -0.4 is 5.32 Å². The predicted molar refractivity (Wildman–Crippen MR) is 82.1 cm³/mol. The van der Waals surface area contributed by atoms with Gasteiger partial charge in [-0.25, -0.2) is 0 Å². The molecule has 0 aliphatic rings. The van der Waals surface area contributed by atoms with Crippen LogP contribution in [0, 0.1) is 0 Å². The third-order valence-electron chi connectivity index (χ3n) is 2.88. The van der Waals surface area contributed by atoms with E-state index >= 15 is 0 Å².